The van der Waals surface area contributed by atoms with Gasteiger partial charge in [0.1, 0.15) is 12.6 Å². The Morgan fingerprint density at radius 3 is 2.21 bits per heavy atom. The highest BCUT2D eigenvalue weighted by molar-refractivity contribution is 7.92. The van der Waals surface area contributed by atoms with Crippen LogP contribution in [0.5, 0.6) is 0 Å². The van der Waals surface area contributed by atoms with Crippen LogP contribution in [-0.4, -0.2) is 50.5 Å². The molecule has 0 spiro atoms. The summed E-state index contributed by atoms with van der Waals surface area (Å²) in [4.78, 5) is 27.7. The highest BCUT2D eigenvalue weighted by Gasteiger charge is 2.30. The fourth-order valence-corrected chi connectivity index (χ4v) is 4.47. The van der Waals surface area contributed by atoms with E-state index >= 15 is 0 Å². The Bertz CT molecular complexity index is 1080. The Balaban J connectivity index is 2.37. The molecule has 2 rings (SSSR count). The molecule has 0 aliphatic heterocycles. The van der Waals surface area contributed by atoms with Crippen LogP contribution in [-0.2, 0) is 26.2 Å². The van der Waals surface area contributed by atoms with Crippen molar-refractivity contribution < 1.29 is 18.0 Å². The molecule has 186 valence electrons. The third kappa shape index (κ3) is 7.58. The number of rotatable bonds is 11. The molecule has 0 saturated carbocycles. The van der Waals surface area contributed by atoms with Crippen molar-refractivity contribution in [2.75, 3.05) is 23.7 Å². The molecule has 0 saturated heterocycles. The Hall–Kier alpha value is -2.87. The first-order chi connectivity index (χ1) is 15.9. The number of carbonyl (C=O) groups is 2. The van der Waals surface area contributed by atoms with Gasteiger partial charge < -0.3 is 10.2 Å². The van der Waals surface area contributed by atoms with Crippen LogP contribution in [0.3, 0.4) is 0 Å². The number of nitrogens with one attached hydrogen (secondary N) is 1. The summed E-state index contributed by atoms with van der Waals surface area (Å²) in [6, 6.07) is 14.1. The molecule has 0 aliphatic carbocycles. The maximum atomic E-state index is 13.5. The maximum absolute atomic E-state index is 13.5. The third-order valence-electron chi connectivity index (χ3n) is 5.68. The molecular weight excluding hydrogens is 450 g/mol. The zero-order chi connectivity index (χ0) is 25.5. The molecule has 0 unspecified atom stereocenters. The zero-order valence-electron chi connectivity index (χ0n) is 21.0. The average Bonchev–Trinajstić information content (AvgIpc) is 2.78. The lowest BCUT2D eigenvalue weighted by Crippen LogP contribution is -2.51. The molecule has 0 bridgehead atoms. The molecule has 8 heteroatoms. The number of sulfonamides is 1. The van der Waals surface area contributed by atoms with Crippen LogP contribution >= 0.6 is 0 Å². The molecule has 34 heavy (non-hydrogen) atoms. The van der Waals surface area contributed by atoms with E-state index in [1.165, 1.54) is 4.90 Å². The molecule has 0 aliphatic rings. The van der Waals surface area contributed by atoms with Gasteiger partial charge in [-0.3, -0.25) is 13.9 Å². The molecule has 1 atom stereocenters. The van der Waals surface area contributed by atoms with E-state index in [4.69, 9.17) is 0 Å². The lowest BCUT2D eigenvalue weighted by molar-refractivity contribution is -0.139. The Morgan fingerprint density at radius 2 is 1.68 bits per heavy atom. The number of hydrogen-bond acceptors (Lipinski definition) is 4. The fraction of sp³-hybridized carbons (Fsp3) is 0.462. The predicted molar refractivity (Wildman–Crippen MR) is 137 cm³/mol. The number of benzene rings is 2. The number of amides is 2. The summed E-state index contributed by atoms with van der Waals surface area (Å²) >= 11 is 0. The second-order valence-electron chi connectivity index (χ2n) is 8.99. The van der Waals surface area contributed by atoms with E-state index in [-0.39, 0.29) is 12.5 Å². The highest BCUT2D eigenvalue weighted by atomic mass is 32.2. The molecular formula is C26H37N3O4S. The lowest BCUT2D eigenvalue weighted by Gasteiger charge is -2.31. The molecule has 7 nitrogen and oxygen atoms in total. The van der Waals surface area contributed by atoms with Gasteiger partial charge in [0.25, 0.3) is 0 Å². The van der Waals surface area contributed by atoms with E-state index in [2.05, 4.69) is 19.2 Å². The Morgan fingerprint density at radius 1 is 1.03 bits per heavy atom. The number of hydrogen-bond donors (Lipinski definition) is 1. The second kappa shape index (κ2) is 12.0. The van der Waals surface area contributed by atoms with Crippen LogP contribution < -0.4 is 9.62 Å². The summed E-state index contributed by atoms with van der Waals surface area (Å²) in [5, 5.41) is 2.83. The van der Waals surface area contributed by atoms with Crippen LogP contribution in [0.2, 0.25) is 0 Å². The first kappa shape index (κ1) is 27.4. The monoisotopic (exact) mass is 487 g/mol. The summed E-state index contributed by atoms with van der Waals surface area (Å²) in [5.41, 5.74) is 3.40. The van der Waals surface area contributed by atoms with Gasteiger partial charge in [0, 0.05) is 13.1 Å². The van der Waals surface area contributed by atoms with E-state index in [9.17, 15) is 18.0 Å². The minimum Gasteiger partial charge on any atom is -0.354 e. The molecule has 0 fully saturated rings. The molecule has 2 amide bonds. The molecule has 2 aromatic carbocycles. The maximum Gasteiger partial charge on any atom is 0.244 e. The van der Waals surface area contributed by atoms with Gasteiger partial charge in [-0.15, -0.1) is 0 Å². The lowest BCUT2D eigenvalue weighted by atomic mass is 10.0. The van der Waals surface area contributed by atoms with E-state index < -0.39 is 28.5 Å². The van der Waals surface area contributed by atoms with Crippen LogP contribution in [0.4, 0.5) is 5.69 Å². The van der Waals surface area contributed by atoms with Crippen molar-refractivity contribution in [2.45, 2.75) is 59.5 Å². The number of nitrogens with zero attached hydrogens (tertiary/aromatic N) is 2. The first-order valence-corrected chi connectivity index (χ1v) is 13.5. The van der Waals surface area contributed by atoms with Crippen LogP contribution in [0.25, 0.3) is 0 Å². The van der Waals surface area contributed by atoms with Gasteiger partial charge in [-0.05, 0) is 49.4 Å². The van der Waals surface area contributed by atoms with Crippen molar-refractivity contribution in [2.24, 2.45) is 0 Å². The topological polar surface area (TPSA) is 86.8 Å². The summed E-state index contributed by atoms with van der Waals surface area (Å²) < 4.78 is 26.4. The van der Waals surface area contributed by atoms with E-state index in [0.717, 1.165) is 33.7 Å². The van der Waals surface area contributed by atoms with Gasteiger partial charge in [0.05, 0.1) is 11.9 Å². The van der Waals surface area contributed by atoms with Gasteiger partial charge in [-0.2, -0.15) is 0 Å². The van der Waals surface area contributed by atoms with Crippen LogP contribution in [0.1, 0.15) is 56.7 Å². The normalized spacial score (nSPS) is 12.3. The molecule has 2 aromatic rings. The average molecular weight is 488 g/mol. The Kier molecular flexibility index (Phi) is 9.67. The van der Waals surface area contributed by atoms with Crippen LogP contribution in [0.15, 0.2) is 48.5 Å². The fourth-order valence-electron chi connectivity index (χ4n) is 3.62. The van der Waals surface area contributed by atoms with Crippen molar-refractivity contribution in [3.63, 3.8) is 0 Å². The number of carbonyl (C=O) groups excluding carboxylic acids is 2. The van der Waals surface area contributed by atoms with Gasteiger partial charge in [-0.25, -0.2) is 8.42 Å². The minimum atomic E-state index is -3.73. The predicted octanol–water partition coefficient (Wildman–Crippen LogP) is 3.83. The molecule has 0 radical (unpaired) electrons. The number of anilines is 1. The van der Waals surface area contributed by atoms with Gasteiger partial charge in [0.2, 0.25) is 21.8 Å². The summed E-state index contributed by atoms with van der Waals surface area (Å²) in [6.07, 6.45) is 1.86. The smallest absolute Gasteiger partial charge is 0.244 e. The van der Waals surface area contributed by atoms with Crippen molar-refractivity contribution in [3.8, 4) is 0 Å². The summed E-state index contributed by atoms with van der Waals surface area (Å²) in [5.74, 6) is -0.413. The summed E-state index contributed by atoms with van der Waals surface area (Å²) in [7, 11) is -3.73. The van der Waals surface area contributed by atoms with Crippen molar-refractivity contribution in [1.29, 1.82) is 0 Å². The first-order valence-electron chi connectivity index (χ1n) is 11.6. The number of aryl methyl sites for hydroxylation is 1. The molecule has 0 heterocycles. The SMILES string of the molecule is CCCNC(=O)[C@@H](C)N(Cc1cccc(C)c1)C(=O)CN(c1ccc(C(C)C)cc1)S(C)(=O)=O. The van der Waals surface area contributed by atoms with Crippen LogP contribution in [0, 0.1) is 6.92 Å². The van der Waals surface area contributed by atoms with E-state index in [0.29, 0.717) is 18.2 Å². The zero-order valence-corrected chi connectivity index (χ0v) is 21.9. The van der Waals surface area contributed by atoms with Gasteiger partial charge in [-0.1, -0.05) is 62.7 Å². The van der Waals surface area contributed by atoms with E-state index in [1.807, 2.05) is 50.2 Å². The second-order valence-corrected chi connectivity index (χ2v) is 10.9. The molecule has 0 aromatic heterocycles. The quantitative estimate of drug-likeness (QED) is 0.522. The van der Waals surface area contributed by atoms with E-state index in [1.54, 1.807) is 19.1 Å². The largest absolute Gasteiger partial charge is 0.354 e. The van der Waals surface area contributed by atoms with Crippen molar-refractivity contribution >= 4 is 27.5 Å². The standard InChI is InChI=1S/C26H37N3O4S/c1-7-15-27-26(31)21(5)28(17-22-10-8-9-20(4)16-22)25(30)18-29(34(6,32)33)24-13-11-23(12-14-24)19(2)3/h8-14,16,19,21H,7,15,17-18H2,1-6H3,(H,27,31)/t21-/m1/s1. The van der Waals surface area contributed by atoms with Crippen molar-refractivity contribution in [3.05, 3.63) is 65.2 Å². The third-order valence-corrected chi connectivity index (χ3v) is 6.82. The van der Waals surface area contributed by atoms with Gasteiger partial charge in [0.15, 0.2) is 0 Å². The Labute approximate surface area is 204 Å². The van der Waals surface area contributed by atoms with Crippen molar-refractivity contribution in [1.82, 2.24) is 10.2 Å². The molecule has 1 N–H and O–H groups in total. The van der Waals surface area contributed by atoms with Gasteiger partial charge >= 0.3 is 0 Å². The minimum absolute atomic E-state index is 0.200. The highest BCUT2D eigenvalue weighted by Crippen LogP contribution is 2.23. The summed E-state index contributed by atoms with van der Waals surface area (Å²) in [6.45, 7) is 10.0.